The summed E-state index contributed by atoms with van der Waals surface area (Å²) in [5.74, 6) is 0.634. The van der Waals surface area contributed by atoms with Crippen LogP contribution in [0.3, 0.4) is 0 Å². The molecule has 2 aromatic rings. The van der Waals surface area contributed by atoms with Crippen molar-refractivity contribution < 1.29 is 19.1 Å². The highest BCUT2D eigenvalue weighted by atomic mass is 16.5. The summed E-state index contributed by atoms with van der Waals surface area (Å²) in [5, 5.41) is 5.34. The van der Waals surface area contributed by atoms with Crippen LogP contribution in [0.4, 0.5) is 4.79 Å². The Kier molecular flexibility index (Phi) is 5.59. The normalized spacial score (nSPS) is 16.3. The van der Waals surface area contributed by atoms with Crippen molar-refractivity contribution >= 4 is 17.8 Å². The van der Waals surface area contributed by atoms with Crippen molar-refractivity contribution in [1.29, 1.82) is 0 Å². The van der Waals surface area contributed by atoms with Crippen LogP contribution in [0.15, 0.2) is 48.5 Å². The van der Waals surface area contributed by atoms with E-state index in [0.717, 1.165) is 21.8 Å². The lowest BCUT2D eigenvalue weighted by Gasteiger charge is -2.22. The lowest BCUT2D eigenvalue weighted by molar-refractivity contribution is -0.137. The topological polar surface area (TPSA) is 87.7 Å². The van der Waals surface area contributed by atoms with Gasteiger partial charge >= 0.3 is 6.03 Å². The number of imide groups is 1. The number of nitrogens with zero attached hydrogens (tertiary/aromatic N) is 1. The number of benzene rings is 2. The van der Waals surface area contributed by atoms with Gasteiger partial charge in [-0.15, -0.1) is 0 Å². The molecule has 0 bridgehead atoms. The minimum Gasteiger partial charge on any atom is -0.457 e. The molecule has 1 heterocycles. The summed E-state index contributed by atoms with van der Waals surface area (Å²) >= 11 is 0. The Hall–Kier alpha value is -3.35. The van der Waals surface area contributed by atoms with Crippen LogP contribution in [0, 0.1) is 6.92 Å². The van der Waals surface area contributed by atoms with Gasteiger partial charge in [0.2, 0.25) is 5.91 Å². The first-order valence-corrected chi connectivity index (χ1v) is 9.44. The Balaban J connectivity index is 1.55. The number of hydrogen-bond donors (Lipinski definition) is 2. The van der Waals surface area contributed by atoms with Crippen LogP contribution in [-0.4, -0.2) is 34.3 Å². The summed E-state index contributed by atoms with van der Waals surface area (Å²) in [6.07, 6.45) is 0. The molecule has 0 radical (unpaired) electrons. The number of aryl methyl sites for hydroxylation is 1. The van der Waals surface area contributed by atoms with Gasteiger partial charge in [0.1, 0.15) is 23.1 Å². The largest absolute Gasteiger partial charge is 0.457 e. The predicted octanol–water partition coefficient (Wildman–Crippen LogP) is 3.12. The van der Waals surface area contributed by atoms with Crippen LogP contribution < -0.4 is 15.4 Å². The van der Waals surface area contributed by atoms with Crippen LogP contribution in [0.2, 0.25) is 0 Å². The molecule has 1 aliphatic rings. The Morgan fingerprint density at radius 3 is 2.14 bits per heavy atom. The van der Waals surface area contributed by atoms with Gasteiger partial charge in [-0.05, 0) is 57.5 Å². The second-order valence-electron chi connectivity index (χ2n) is 7.68. The number of carbonyl (C=O) groups is 3. The van der Waals surface area contributed by atoms with E-state index in [9.17, 15) is 14.4 Å². The van der Waals surface area contributed by atoms with Gasteiger partial charge in [0.25, 0.3) is 5.91 Å². The first-order chi connectivity index (χ1) is 13.7. The zero-order valence-electron chi connectivity index (χ0n) is 17.0. The molecule has 29 heavy (non-hydrogen) atoms. The molecule has 0 spiro atoms. The number of rotatable bonds is 6. The molecule has 1 fully saturated rings. The van der Waals surface area contributed by atoms with Crippen molar-refractivity contribution in [3.63, 3.8) is 0 Å². The monoisotopic (exact) mass is 395 g/mol. The van der Waals surface area contributed by atoms with Crippen LogP contribution in [-0.2, 0) is 16.1 Å². The summed E-state index contributed by atoms with van der Waals surface area (Å²) in [6.45, 7) is 7.05. The molecule has 0 aromatic heterocycles. The first kappa shape index (κ1) is 20.4. The van der Waals surface area contributed by atoms with E-state index in [1.54, 1.807) is 13.8 Å². The van der Waals surface area contributed by atoms with Gasteiger partial charge in [0, 0.05) is 6.54 Å². The summed E-state index contributed by atoms with van der Waals surface area (Å²) < 4.78 is 5.79. The predicted molar refractivity (Wildman–Crippen MR) is 108 cm³/mol. The smallest absolute Gasteiger partial charge is 0.325 e. The molecule has 1 atom stereocenters. The fourth-order valence-electron chi connectivity index (χ4n) is 3.00. The molecule has 0 saturated carbocycles. The van der Waals surface area contributed by atoms with Gasteiger partial charge in [-0.25, -0.2) is 9.69 Å². The SMILES string of the molecule is Cc1ccc(Oc2ccc(CNC(=O)[C@H](C)N3C(=O)NC(C)(C)C3=O)cc2)cc1. The van der Waals surface area contributed by atoms with E-state index in [4.69, 9.17) is 4.74 Å². The van der Waals surface area contributed by atoms with E-state index < -0.39 is 29.4 Å². The Morgan fingerprint density at radius 2 is 1.62 bits per heavy atom. The Morgan fingerprint density at radius 1 is 1.07 bits per heavy atom. The molecule has 0 aliphatic carbocycles. The zero-order chi connectivity index (χ0) is 21.2. The number of urea groups is 1. The molecule has 1 saturated heterocycles. The van der Waals surface area contributed by atoms with Crippen molar-refractivity contribution in [3.05, 3.63) is 59.7 Å². The lowest BCUT2D eigenvalue weighted by atomic mass is 10.1. The van der Waals surface area contributed by atoms with E-state index in [-0.39, 0.29) is 6.54 Å². The highest BCUT2D eigenvalue weighted by Gasteiger charge is 2.47. The van der Waals surface area contributed by atoms with Crippen molar-refractivity contribution in [2.24, 2.45) is 0 Å². The Labute approximate surface area is 170 Å². The average Bonchev–Trinajstić information content (AvgIpc) is 2.89. The number of hydrogen-bond acceptors (Lipinski definition) is 4. The van der Waals surface area contributed by atoms with E-state index in [2.05, 4.69) is 10.6 Å². The third kappa shape index (κ3) is 4.56. The number of ether oxygens (including phenoxy) is 1. The molecular weight excluding hydrogens is 370 g/mol. The van der Waals surface area contributed by atoms with Gasteiger partial charge in [-0.3, -0.25) is 9.59 Å². The van der Waals surface area contributed by atoms with E-state index in [0.29, 0.717) is 5.75 Å². The summed E-state index contributed by atoms with van der Waals surface area (Å²) in [6, 6.07) is 13.7. The standard InChI is InChI=1S/C22H25N3O4/c1-14-5-9-17(10-6-14)29-18-11-7-16(8-12-18)13-23-19(26)15(2)25-20(27)22(3,4)24-21(25)28/h5-12,15H,13H2,1-4H3,(H,23,26)(H,24,28)/t15-/m0/s1. The summed E-state index contributed by atoms with van der Waals surface area (Å²) in [4.78, 5) is 37.7. The highest BCUT2D eigenvalue weighted by molar-refractivity contribution is 6.09. The van der Waals surface area contributed by atoms with Crippen molar-refractivity contribution in [2.75, 3.05) is 0 Å². The molecule has 2 aromatic carbocycles. The number of nitrogens with one attached hydrogen (secondary N) is 2. The van der Waals surface area contributed by atoms with Crippen LogP contribution in [0.25, 0.3) is 0 Å². The zero-order valence-corrected chi connectivity index (χ0v) is 17.0. The second kappa shape index (κ2) is 7.95. The molecule has 7 nitrogen and oxygen atoms in total. The van der Waals surface area contributed by atoms with Crippen molar-refractivity contribution in [2.45, 2.75) is 45.8 Å². The fraction of sp³-hybridized carbons (Fsp3) is 0.318. The molecule has 0 unspecified atom stereocenters. The van der Waals surface area contributed by atoms with Crippen molar-refractivity contribution in [3.8, 4) is 11.5 Å². The van der Waals surface area contributed by atoms with Gasteiger partial charge < -0.3 is 15.4 Å². The van der Waals surface area contributed by atoms with E-state index in [1.807, 2.05) is 55.5 Å². The maximum absolute atomic E-state index is 12.4. The minimum absolute atomic E-state index is 0.279. The third-order valence-electron chi connectivity index (χ3n) is 4.81. The van der Waals surface area contributed by atoms with Gasteiger partial charge in [0.15, 0.2) is 0 Å². The third-order valence-corrected chi connectivity index (χ3v) is 4.81. The Bertz CT molecular complexity index is 920. The molecule has 2 N–H and O–H groups in total. The fourth-order valence-corrected chi connectivity index (χ4v) is 3.00. The maximum atomic E-state index is 12.4. The maximum Gasteiger partial charge on any atom is 0.325 e. The highest BCUT2D eigenvalue weighted by Crippen LogP contribution is 2.22. The summed E-state index contributed by atoms with van der Waals surface area (Å²) in [7, 11) is 0. The van der Waals surface area contributed by atoms with Gasteiger partial charge in [-0.2, -0.15) is 0 Å². The quantitative estimate of drug-likeness (QED) is 0.736. The average molecular weight is 395 g/mol. The summed E-state index contributed by atoms with van der Waals surface area (Å²) in [5.41, 5.74) is 1.03. The van der Waals surface area contributed by atoms with Gasteiger partial charge in [0.05, 0.1) is 0 Å². The number of amides is 4. The molecule has 152 valence electrons. The van der Waals surface area contributed by atoms with Gasteiger partial charge in [-0.1, -0.05) is 29.8 Å². The number of carbonyl (C=O) groups excluding carboxylic acids is 3. The molecule has 4 amide bonds. The van der Waals surface area contributed by atoms with Crippen LogP contribution >= 0.6 is 0 Å². The van der Waals surface area contributed by atoms with Crippen LogP contribution in [0.5, 0.6) is 11.5 Å². The van der Waals surface area contributed by atoms with E-state index >= 15 is 0 Å². The molecule has 1 aliphatic heterocycles. The van der Waals surface area contributed by atoms with Crippen LogP contribution in [0.1, 0.15) is 31.9 Å². The minimum atomic E-state index is -1.00. The lowest BCUT2D eigenvalue weighted by Crippen LogP contribution is -2.49. The second-order valence-corrected chi connectivity index (χ2v) is 7.68. The molecule has 7 heteroatoms. The van der Waals surface area contributed by atoms with Crippen molar-refractivity contribution in [1.82, 2.24) is 15.5 Å². The van der Waals surface area contributed by atoms with E-state index in [1.165, 1.54) is 6.92 Å². The molecule has 3 rings (SSSR count). The molecular formula is C22H25N3O4. The first-order valence-electron chi connectivity index (χ1n) is 9.44.